The summed E-state index contributed by atoms with van der Waals surface area (Å²) in [6.07, 6.45) is -0.781. The molecule has 0 radical (unpaired) electrons. The molecule has 0 bridgehead atoms. The van der Waals surface area contributed by atoms with Gasteiger partial charge in [0.1, 0.15) is 5.70 Å². The van der Waals surface area contributed by atoms with E-state index in [9.17, 15) is 19.8 Å². The van der Waals surface area contributed by atoms with Gasteiger partial charge in [0.15, 0.2) is 0 Å². The normalized spacial score (nSPS) is 35.7. The number of aliphatic hydroxyl groups excluding tert-OH is 1. The Kier molecular flexibility index (Phi) is 4.61. The number of aliphatic carboxylic acids is 1. The van der Waals surface area contributed by atoms with Crippen molar-refractivity contribution in [3.63, 3.8) is 0 Å². The van der Waals surface area contributed by atoms with E-state index in [2.05, 4.69) is 6.92 Å². The lowest BCUT2D eigenvalue weighted by atomic mass is 9.79. The summed E-state index contributed by atoms with van der Waals surface area (Å²) in [4.78, 5) is 28.3. The van der Waals surface area contributed by atoms with Crippen molar-refractivity contribution in [2.45, 2.75) is 45.1 Å². The third-order valence-electron chi connectivity index (χ3n) is 5.61. The number of aliphatic hydroxyl groups is 1. The number of fused-ring (bicyclic) bond motifs is 1. The van der Waals surface area contributed by atoms with Crippen molar-refractivity contribution in [3.05, 3.63) is 10.6 Å². The van der Waals surface area contributed by atoms with Crippen molar-refractivity contribution in [2.24, 2.45) is 17.8 Å². The lowest BCUT2D eigenvalue weighted by Crippen LogP contribution is -2.63. The third kappa shape index (κ3) is 2.75. The number of thioether (sulfide) groups is 1. The number of carboxylic acid groups (broad SMARTS) is 1. The number of nitrogens with zero attached hydrogens (tertiary/aromatic N) is 2. The molecule has 6 atom stereocenters. The van der Waals surface area contributed by atoms with Gasteiger partial charge in [-0.2, -0.15) is 0 Å². The van der Waals surface area contributed by atoms with Crippen LogP contribution in [0.3, 0.4) is 0 Å². The summed E-state index contributed by atoms with van der Waals surface area (Å²) < 4.78 is 0. The standard InChI is InChI=1S/C17H25N3O4S/c1-7-5-19(10(4)18)6-11(7)25-15-8(2)13-12(9(3)21)16(22)20(13)14(15)17(23)24/h7-9,11-13,18,21H,5-6H2,1-4H3,(H,23,24)/t7?,8?,9?,11?,12?,13-/m1/s1. The van der Waals surface area contributed by atoms with Crippen molar-refractivity contribution >= 4 is 29.5 Å². The van der Waals surface area contributed by atoms with Gasteiger partial charge in [0.2, 0.25) is 5.91 Å². The van der Waals surface area contributed by atoms with Gasteiger partial charge in [0.25, 0.3) is 0 Å². The van der Waals surface area contributed by atoms with E-state index in [0.29, 0.717) is 18.3 Å². The number of hydrogen-bond donors (Lipinski definition) is 3. The average Bonchev–Trinajstić information content (AvgIpc) is 2.97. The van der Waals surface area contributed by atoms with Crippen LogP contribution in [-0.4, -0.2) is 68.2 Å². The van der Waals surface area contributed by atoms with E-state index in [1.54, 1.807) is 13.8 Å². The second kappa shape index (κ2) is 6.32. The Bertz CT molecular complexity index is 662. The fourth-order valence-corrected chi connectivity index (χ4v) is 5.76. The maximum absolute atomic E-state index is 12.4. The molecule has 25 heavy (non-hydrogen) atoms. The molecule has 3 aliphatic rings. The monoisotopic (exact) mass is 367 g/mol. The summed E-state index contributed by atoms with van der Waals surface area (Å²) >= 11 is 1.54. The highest BCUT2D eigenvalue weighted by atomic mass is 32.2. The van der Waals surface area contributed by atoms with Crippen molar-refractivity contribution in [3.8, 4) is 0 Å². The molecule has 3 aliphatic heterocycles. The lowest BCUT2D eigenvalue weighted by Gasteiger charge is -2.46. The van der Waals surface area contributed by atoms with Gasteiger partial charge < -0.3 is 20.0 Å². The molecule has 1 amide bonds. The number of carbonyl (C=O) groups excluding carboxylic acids is 1. The van der Waals surface area contributed by atoms with E-state index in [-0.39, 0.29) is 28.8 Å². The van der Waals surface area contributed by atoms with Crippen LogP contribution >= 0.6 is 11.8 Å². The summed E-state index contributed by atoms with van der Waals surface area (Å²) in [6, 6.07) is -0.265. The first-order valence-electron chi connectivity index (χ1n) is 8.60. The minimum absolute atomic E-state index is 0.0848. The number of amides is 1. The second-order valence-corrected chi connectivity index (χ2v) is 8.68. The van der Waals surface area contributed by atoms with Crippen molar-refractivity contribution in [2.75, 3.05) is 13.1 Å². The van der Waals surface area contributed by atoms with Gasteiger partial charge in [0, 0.05) is 29.2 Å². The maximum atomic E-state index is 12.4. The van der Waals surface area contributed by atoms with Gasteiger partial charge in [-0.3, -0.25) is 10.2 Å². The van der Waals surface area contributed by atoms with E-state index in [4.69, 9.17) is 5.41 Å². The van der Waals surface area contributed by atoms with Crippen molar-refractivity contribution in [1.29, 1.82) is 5.41 Å². The molecule has 3 N–H and O–H groups in total. The molecule has 2 saturated heterocycles. The molecule has 3 rings (SSSR count). The first-order chi connectivity index (χ1) is 11.6. The number of carbonyl (C=O) groups is 2. The molecule has 0 spiro atoms. The largest absolute Gasteiger partial charge is 0.477 e. The molecule has 0 aromatic rings. The summed E-state index contributed by atoms with van der Waals surface area (Å²) in [5, 5.41) is 27.6. The minimum atomic E-state index is -1.08. The molecule has 0 aromatic heterocycles. The highest BCUT2D eigenvalue weighted by Crippen LogP contribution is 2.52. The molecular weight excluding hydrogens is 342 g/mol. The predicted molar refractivity (Wildman–Crippen MR) is 95.1 cm³/mol. The summed E-state index contributed by atoms with van der Waals surface area (Å²) in [5.41, 5.74) is 0.0848. The minimum Gasteiger partial charge on any atom is -0.477 e. The van der Waals surface area contributed by atoms with Gasteiger partial charge in [-0.15, -0.1) is 11.8 Å². The second-order valence-electron chi connectivity index (χ2n) is 7.40. The number of rotatable bonds is 4. The van der Waals surface area contributed by atoms with Crippen LogP contribution in [0.25, 0.3) is 0 Å². The van der Waals surface area contributed by atoms with Crippen LogP contribution in [0, 0.1) is 23.2 Å². The number of nitrogens with one attached hydrogen (secondary N) is 1. The molecule has 3 heterocycles. The molecule has 7 nitrogen and oxygen atoms in total. The van der Waals surface area contributed by atoms with Crippen LogP contribution in [0.1, 0.15) is 27.7 Å². The van der Waals surface area contributed by atoms with Gasteiger partial charge in [0.05, 0.1) is 23.9 Å². The maximum Gasteiger partial charge on any atom is 0.353 e. The molecule has 5 unspecified atom stereocenters. The van der Waals surface area contributed by atoms with Crippen molar-refractivity contribution in [1.82, 2.24) is 9.80 Å². The fraction of sp³-hybridized carbons (Fsp3) is 0.706. The summed E-state index contributed by atoms with van der Waals surface area (Å²) in [5.74, 6) is -1.15. The average molecular weight is 367 g/mol. The van der Waals surface area contributed by atoms with E-state index in [0.717, 1.165) is 11.4 Å². The van der Waals surface area contributed by atoms with Gasteiger partial charge >= 0.3 is 5.97 Å². The molecule has 0 aromatic carbocycles. The molecule has 0 aliphatic carbocycles. The number of hydrogen-bond acceptors (Lipinski definition) is 5. The van der Waals surface area contributed by atoms with Crippen LogP contribution in [0.15, 0.2) is 10.6 Å². The third-order valence-corrected chi connectivity index (χ3v) is 7.34. The Balaban J connectivity index is 1.86. The van der Waals surface area contributed by atoms with E-state index in [1.165, 1.54) is 16.7 Å². The molecular formula is C17H25N3O4S. The van der Waals surface area contributed by atoms with Crippen LogP contribution in [0.2, 0.25) is 0 Å². The first-order valence-corrected chi connectivity index (χ1v) is 9.48. The van der Waals surface area contributed by atoms with Crippen LogP contribution in [-0.2, 0) is 9.59 Å². The van der Waals surface area contributed by atoms with Gasteiger partial charge in [-0.1, -0.05) is 13.8 Å². The number of β-lactam (4-membered cyclic amide) rings is 1. The highest BCUT2D eigenvalue weighted by molar-refractivity contribution is 8.03. The zero-order chi connectivity index (χ0) is 18.6. The van der Waals surface area contributed by atoms with E-state index in [1.807, 2.05) is 11.8 Å². The Labute approximate surface area is 151 Å². The zero-order valence-corrected chi connectivity index (χ0v) is 15.7. The Morgan fingerprint density at radius 1 is 1.36 bits per heavy atom. The number of amidine groups is 1. The van der Waals surface area contributed by atoms with Crippen LogP contribution in [0.4, 0.5) is 0 Å². The smallest absolute Gasteiger partial charge is 0.353 e. The van der Waals surface area contributed by atoms with Crippen molar-refractivity contribution < 1.29 is 19.8 Å². The Morgan fingerprint density at radius 2 is 2.00 bits per heavy atom. The van der Waals surface area contributed by atoms with E-state index < -0.39 is 18.0 Å². The van der Waals surface area contributed by atoms with Crippen LogP contribution < -0.4 is 0 Å². The topological polar surface area (TPSA) is 105 Å². The molecule has 0 saturated carbocycles. The lowest BCUT2D eigenvalue weighted by molar-refractivity contribution is -0.163. The number of likely N-dealkylation sites (tertiary alicyclic amines) is 1. The molecule has 8 heteroatoms. The highest BCUT2D eigenvalue weighted by Gasteiger charge is 2.60. The Hall–Kier alpha value is -1.54. The zero-order valence-electron chi connectivity index (χ0n) is 14.9. The summed E-state index contributed by atoms with van der Waals surface area (Å²) in [6.45, 7) is 8.90. The van der Waals surface area contributed by atoms with E-state index >= 15 is 0 Å². The summed E-state index contributed by atoms with van der Waals surface area (Å²) in [7, 11) is 0. The predicted octanol–water partition coefficient (Wildman–Crippen LogP) is 1.19. The van der Waals surface area contributed by atoms with Gasteiger partial charge in [-0.05, 0) is 19.8 Å². The molecule has 2 fully saturated rings. The first kappa shape index (κ1) is 18.3. The SMILES string of the molecule is CC(=N)N1CC(C)C(SC2=C(C(=O)O)N3C(=O)C(C(C)O)[C@H]3C2C)C1. The van der Waals surface area contributed by atoms with Gasteiger partial charge in [-0.25, -0.2) is 4.79 Å². The fourth-order valence-electron chi connectivity index (χ4n) is 4.21. The number of carboxylic acids is 1. The Morgan fingerprint density at radius 3 is 2.48 bits per heavy atom. The quantitative estimate of drug-likeness (QED) is 0.392. The van der Waals surface area contributed by atoms with Crippen LogP contribution in [0.5, 0.6) is 0 Å². The molecule has 138 valence electrons.